The van der Waals surface area contributed by atoms with E-state index in [0.717, 1.165) is 10.2 Å². The molecule has 3 aromatic carbocycles. The maximum absolute atomic E-state index is 14.2. The summed E-state index contributed by atoms with van der Waals surface area (Å²) >= 11 is 0. The first kappa shape index (κ1) is 20.8. The quantitative estimate of drug-likeness (QED) is 0.441. The number of carbonyl (C=O) groups excluding carboxylic acids is 1. The molecule has 166 valence electrons. The Kier molecular flexibility index (Phi) is 5.35. The smallest absolute Gasteiger partial charge is 0.359 e. The average Bonchev–Trinajstić information content (AvgIpc) is 2.84. The second-order valence-corrected chi connectivity index (χ2v) is 7.62. The van der Waals surface area contributed by atoms with Gasteiger partial charge in [0.2, 0.25) is 6.29 Å². The third-order valence-electron chi connectivity index (χ3n) is 5.40. The lowest BCUT2D eigenvalue weighted by Crippen LogP contribution is -2.24. The van der Waals surface area contributed by atoms with Gasteiger partial charge in [-0.1, -0.05) is 48.5 Å². The van der Waals surface area contributed by atoms with Crippen LogP contribution in [0.15, 0.2) is 71.5 Å². The molecule has 0 saturated heterocycles. The molecule has 33 heavy (non-hydrogen) atoms. The van der Waals surface area contributed by atoms with E-state index in [4.69, 9.17) is 14.2 Å². The van der Waals surface area contributed by atoms with Crippen molar-refractivity contribution in [2.75, 3.05) is 0 Å². The SMILES string of the molecule is Cn1nc(C(=O)OCc2cc(F)cc3c2O[C@H](c2ccccc2)OC3)c2ccccc2c1=O. The van der Waals surface area contributed by atoms with Crippen molar-refractivity contribution in [3.63, 3.8) is 0 Å². The number of rotatable bonds is 4. The summed E-state index contributed by atoms with van der Waals surface area (Å²) in [6.45, 7) is -0.0835. The normalized spacial score (nSPS) is 15.0. The monoisotopic (exact) mass is 446 g/mol. The second-order valence-electron chi connectivity index (χ2n) is 7.62. The van der Waals surface area contributed by atoms with Gasteiger partial charge in [-0.25, -0.2) is 13.9 Å². The second kappa shape index (κ2) is 8.48. The van der Waals surface area contributed by atoms with Crippen LogP contribution in [0.4, 0.5) is 4.39 Å². The highest BCUT2D eigenvalue weighted by atomic mass is 19.1. The molecule has 0 amide bonds. The molecule has 1 aromatic heterocycles. The van der Waals surface area contributed by atoms with Crippen LogP contribution in [0.1, 0.15) is 33.5 Å². The fourth-order valence-electron chi connectivity index (χ4n) is 3.82. The molecule has 5 rings (SSSR count). The van der Waals surface area contributed by atoms with Gasteiger partial charge < -0.3 is 14.2 Å². The highest BCUT2D eigenvalue weighted by Gasteiger charge is 2.26. The van der Waals surface area contributed by atoms with Crippen molar-refractivity contribution in [1.29, 1.82) is 0 Å². The average molecular weight is 446 g/mol. The van der Waals surface area contributed by atoms with E-state index >= 15 is 0 Å². The van der Waals surface area contributed by atoms with E-state index in [0.29, 0.717) is 27.6 Å². The molecule has 0 aliphatic carbocycles. The summed E-state index contributed by atoms with van der Waals surface area (Å²) < 4.78 is 32.5. The lowest BCUT2D eigenvalue weighted by atomic mass is 10.1. The standard InChI is InChI=1S/C25H19FN2O5/c1-28-23(29)20-10-6-5-9-19(20)21(27-28)24(30)31-13-16-11-18(26)12-17-14-32-25(33-22(16)17)15-7-3-2-4-8-15/h2-12,25H,13-14H2,1H3/t25-/m1/s1. The molecule has 0 fully saturated rings. The molecule has 2 heterocycles. The Bertz CT molecular complexity index is 1420. The lowest BCUT2D eigenvalue weighted by Gasteiger charge is -2.28. The van der Waals surface area contributed by atoms with Crippen molar-refractivity contribution >= 4 is 16.7 Å². The van der Waals surface area contributed by atoms with Crippen LogP contribution < -0.4 is 10.3 Å². The van der Waals surface area contributed by atoms with Gasteiger partial charge in [0.1, 0.15) is 18.2 Å². The molecule has 8 heteroatoms. The maximum Gasteiger partial charge on any atom is 0.359 e. The summed E-state index contributed by atoms with van der Waals surface area (Å²) in [5.41, 5.74) is 1.40. The molecule has 1 aliphatic heterocycles. The van der Waals surface area contributed by atoms with Crippen LogP contribution in [0.2, 0.25) is 0 Å². The number of halogens is 1. The summed E-state index contributed by atoms with van der Waals surface area (Å²) in [6, 6.07) is 18.6. The van der Waals surface area contributed by atoms with Gasteiger partial charge in [0.25, 0.3) is 5.56 Å². The van der Waals surface area contributed by atoms with E-state index in [9.17, 15) is 14.0 Å². The molecular weight excluding hydrogens is 427 g/mol. The zero-order chi connectivity index (χ0) is 22.9. The summed E-state index contributed by atoms with van der Waals surface area (Å²) in [5.74, 6) is -0.801. The Morgan fingerprint density at radius 3 is 2.64 bits per heavy atom. The molecule has 0 bridgehead atoms. The molecule has 0 N–H and O–H groups in total. The lowest BCUT2D eigenvalue weighted by molar-refractivity contribution is -0.112. The van der Waals surface area contributed by atoms with Crippen molar-refractivity contribution in [3.8, 4) is 5.75 Å². The molecule has 1 atom stereocenters. The Balaban J connectivity index is 1.43. The third-order valence-corrected chi connectivity index (χ3v) is 5.40. The number of esters is 1. The first-order valence-corrected chi connectivity index (χ1v) is 10.3. The highest BCUT2D eigenvalue weighted by molar-refractivity contribution is 6.02. The summed E-state index contributed by atoms with van der Waals surface area (Å²) in [6.07, 6.45) is -0.659. The minimum absolute atomic E-state index is 0.00406. The molecule has 0 unspecified atom stereocenters. The minimum Gasteiger partial charge on any atom is -0.460 e. The van der Waals surface area contributed by atoms with Crippen LogP contribution >= 0.6 is 0 Å². The number of hydrogen-bond donors (Lipinski definition) is 0. The first-order chi connectivity index (χ1) is 16.0. The van der Waals surface area contributed by atoms with Crippen molar-refractivity contribution < 1.29 is 23.4 Å². The number of aryl methyl sites for hydroxylation is 1. The molecule has 7 nitrogen and oxygen atoms in total. The molecule has 4 aromatic rings. The summed E-state index contributed by atoms with van der Waals surface area (Å²) in [7, 11) is 1.46. The third kappa shape index (κ3) is 3.96. The van der Waals surface area contributed by atoms with Crippen molar-refractivity contribution in [2.45, 2.75) is 19.5 Å². The molecule has 0 radical (unpaired) electrons. The summed E-state index contributed by atoms with van der Waals surface area (Å²) in [4.78, 5) is 25.2. The maximum atomic E-state index is 14.2. The number of ether oxygens (including phenoxy) is 3. The number of nitrogens with zero attached hydrogens (tertiary/aromatic N) is 2. The van der Waals surface area contributed by atoms with Gasteiger partial charge in [-0.15, -0.1) is 0 Å². The van der Waals surface area contributed by atoms with E-state index < -0.39 is 18.1 Å². The van der Waals surface area contributed by atoms with Crippen LogP contribution in [0.5, 0.6) is 5.75 Å². The number of carbonyl (C=O) groups is 1. The molecule has 0 saturated carbocycles. The first-order valence-electron chi connectivity index (χ1n) is 10.3. The van der Waals surface area contributed by atoms with Gasteiger partial charge >= 0.3 is 5.97 Å². The fraction of sp³-hybridized carbons (Fsp3) is 0.160. The molecule has 0 spiro atoms. The Morgan fingerprint density at radius 2 is 1.85 bits per heavy atom. The molecular formula is C25H19FN2O5. The van der Waals surface area contributed by atoms with E-state index in [-0.39, 0.29) is 24.5 Å². The van der Waals surface area contributed by atoms with E-state index in [1.165, 1.54) is 19.2 Å². The Labute approximate surface area is 187 Å². The highest BCUT2D eigenvalue weighted by Crippen LogP contribution is 2.37. The van der Waals surface area contributed by atoms with Crippen LogP contribution in [-0.4, -0.2) is 15.7 Å². The van der Waals surface area contributed by atoms with E-state index in [1.54, 1.807) is 24.3 Å². The van der Waals surface area contributed by atoms with Gasteiger partial charge in [-0.05, 0) is 18.2 Å². The van der Waals surface area contributed by atoms with Crippen LogP contribution in [0.25, 0.3) is 10.8 Å². The zero-order valence-corrected chi connectivity index (χ0v) is 17.7. The van der Waals surface area contributed by atoms with Crippen LogP contribution in [0, 0.1) is 5.82 Å². The predicted octanol–water partition coefficient (Wildman–Crippen LogP) is 4.04. The van der Waals surface area contributed by atoms with Crippen LogP contribution in [0.3, 0.4) is 0 Å². The van der Waals surface area contributed by atoms with Crippen LogP contribution in [-0.2, 0) is 29.7 Å². The number of aromatic nitrogens is 2. The zero-order valence-electron chi connectivity index (χ0n) is 17.7. The topological polar surface area (TPSA) is 79.7 Å². The van der Waals surface area contributed by atoms with E-state index in [1.807, 2.05) is 30.3 Å². The Morgan fingerprint density at radius 1 is 1.12 bits per heavy atom. The minimum atomic E-state index is -0.730. The van der Waals surface area contributed by atoms with Gasteiger partial charge in [0.15, 0.2) is 5.69 Å². The van der Waals surface area contributed by atoms with Crippen molar-refractivity contribution in [2.24, 2.45) is 7.05 Å². The van der Waals surface area contributed by atoms with E-state index in [2.05, 4.69) is 5.10 Å². The van der Waals surface area contributed by atoms with Gasteiger partial charge in [0.05, 0.1) is 12.0 Å². The van der Waals surface area contributed by atoms with Gasteiger partial charge in [0, 0.05) is 29.1 Å². The van der Waals surface area contributed by atoms with Gasteiger partial charge in [-0.3, -0.25) is 4.79 Å². The van der Waals surface area contributed by atoms with Crippen molar-refractivity contribution in [3.05, 3.63) is 105 Å². The largest absolute Gasteiger partial charge is 0.460 e. The number of benzene rings is 3. The van der Waals surface area contributed by atoms with Gasteiger partial charge in [-0.2, -0.15) is 5.10 Å². The number of hydrogen-bond acceptors (Lipinski definition) is 6. The summed E-state index contributed by atoms with van der Waals surface area (Å²) in [5, 5.41) is 4.82. The molecule has 1 aliphatic rings. The number of fused-ring (bicyclic) bond motifs is 2. The fourth-order valence-corrected chi connectivity index (χ4v) is 3.82. The Hall–Kier alpha value is -4.04. The van der Waals surface area contributed by atoms with Crippen molar-refractivity contribution in [1.82, 2.24) is 9.78 Å². The predicted molar refractivity (Wildman–Crippen MR) is 117 cm³/mol.